The van der Waals surface area contributed by atoms with Gasteiger partial charge in [-0.2, -0.15) is 5.10 Å². The number of sulfonamides is 1. The van der Waals surface area contributed by atoms with Gasteiger partial charge < -0.3 is 14.2 Å². The van der Waals surface area contributed by atoms with E-state index in [-0.39, 0.29) is 4.90 Å². The second kappa shape index (κ2) is 15.1. The van der Waals surface area contributed by atoms with Crippen LogP contribution in [0.3, 0.4) is 0 Å². The molecule has 4 aromatic rings. The largest absolute Gasteiger partial charge is 0.494 e. The molecule has 0 radical (unpaired) electrons. The van der Waals surface area contributed by atoms with Gasteiger partial charge in [0.15, 0.2) is 11.5 Å². The topological polar surface area (TPSA) is 107 Å². The molecule has 4 aromatic carbocycles. The van der Waals surface area contributed by atoms with E-state index >= 15 is 0 Å². The first-order chi connectivity index (χ1) is 20.8. The molecule has 0 unspecified atom stereocenters. The highest BCUT2D eigenvalue weighted by Gasteiger charge is 2.27. The highest BCUT2D eigenvalue weighted by molar-refractivity contribution is 7.92. The molecule has 224 valence electrons. The molecular formula is C32H32ClN3O6S. The van der Waals surface area contributed by atoms with Crippen molar-refractivity contribution in [1.82, 2.24) is 5.43 Å². The van der Waals surface area contributed by atoms with Gasteiger partial charge in [-0.15, -0.1) is 0 Å². The first-order valence-corrected chi connectivity index (χ1v) is 15.4. The molecule has 1 N–H and O–H groups in total. The van der Waals surface area contributed by atoms with Crippen molar-refractivity contribution in [3.63, 3.8) is 0 Å². The van der Waals surface area contributed by atoms with E-state index < -0.39 is 22.5 Å². The Morgan fingerprint density at radius 2 is 1.60 bits per heavy atom. The Morgan fingerprint density at radius 1 is 0.860 bits per heavy atom. The summed E-state index contributed by atoms with van der Waals surface area (Å²) in [7, 11) is -4.08. The second-order valence-corrected chi connectivity index (χ2v) is 11.4. The number of anilines is 1. The Hall–Kier alpha value is -4.54. The van der Waals surface area contributed by atoms with Gasteiger partial charge >= 0.3 is 0 Å². The maximum Gasteiger partial charge on any atom is 0.264 e. The van der Waals surface area contributed by atoms with Crippen molar-refractivity contribution in [2.24, 2.45) is 5.10 Å². The highest BCUT2D eigenvalue weighted by Crippen LogP contribution is 2.29. The van der Waals surface area contributed by atoms with Gasteiger partial charge in [0.25, 0.3) is 15.9 Å². The fraction of sp³-hybridized carbons (Fsp3) is 0.188. The van der Waals surface area contributed by atoms with Crippen LogP contribution < -0.4 is 23.9 Å². The van der Waals surface area contributed by atoms with E-state index in [1.807, 2.05) is 32.0 Å². The summed E-state index contributed by atoms with van der Waals surface area (Å²) in [5.41, 5.74) is 4.31. The molecule has 0 aliphatic heterocycles. The average Bonchev–Trinajstić information content (AvgIpc) is 3.00. The lowest BCUT2D eigenvalue weighted by molar-refractivity contribution is -0.119. The van der Waals surface area contributed by atoms with Crippen LogP contribution in [0, 0.1) is 0 Å². The van der Waals surface area contributed by atoms with Crippen molar-refractivity contribution in [2.45, 2.75) is 25.3 Å². The molecule has 0 aliphatic rings. The van der Waals surface area contributed by atoms with E-state index in [4.69, 9.17) is 25.8 Å². The fourth-order valence-electron chi connectivity index (χ4n) is 4.04. The minimum absolute atomic E-state index is 0.0252. The summed E-state index contributed by atoms with van der Waals surface area (Å²) in [6.07, 6.45) is 1.44. The number of ether oxygens (including phenoxy) is 3. The number of nitrogens with one attached hydrogen (secondary N) is 1. The van der Waals surface area contributed by atoms with Crippen molar-refractivity contribution in [2.75, 3.05) is 24.1 Å². The number of hydrazone groups is 1. The SMILES string of the molecule is CCOc1ccc(S(=O)(=O)N(CC(=O)N/N=C/c2ccc(OCc3cccc(Cl)c3)c(OCC)c2)c2ccccc2)cc1. The molecule has 11 heteroatoms. The fourth-order valence-corrected chi connectivity index (χ4v) is 5.67. The molecule has 9 nitrogen and oxygen atoms in total. The van der Waals surface area contributed by atoms with Crippen LogP contribution in [0.15, 0.2) is 107 Å². The maximum atomic E-state index is 13.6. The summed E-state index contributed by atoms with van der Waals surface area (Å²) < 4.78 is 45.2. The number of benzene rings is 4. The zero-order valence-corrected chi connectivity index (χ0v) is 25.3. The van der Waals surface area contributed by atoms with Crippen molar-refractivity contribution in [1.29, 1.82) is 0 Å². The Morgan fingerprint density at radius 3 is 2.30 bits per heavy atom. The number of para-hydroxylation sites is 1. The summed E-state index contributed by atoms with van der Waals surface area (Å²) in [6.45, 7) is 4.40. The average molecular weight is 622 g/mol. The van der Waals surface area contributed by atoms with E-state index in [1.165, 1.54) is 18.3 Å². The maximum absolute atomic E-state index is 13.6. The van der Waals surface area contributed by atoms with Gasteiger partial charge in [0, 0.05) is 5.02 Å². The summed E-state index contributed by atoms with van der Waals surface area (Å²) >= 11 is 6.06. The molecule has 1 amide bonds. The Labute approximate surface area is 256 Å². The molecule has 43 heavy (non-hydrogen) atoms. The Bertz CT molecular complexity index is 1650. The zero-order chi connectivity index (χ0) is 30.7. The summed E-state index contributed by atoms with van der Waals surface area (Å²) in [6, 6.07) is 27.1. The minimum atomic E-state index is -4.08. The Balaban J connectivity index is 1.45. The number of halogens is 1. The quantitative estimate of drug-likeness (QED) is 0.135. The molecular weight excluding hydrogens is 590 g/mol. The smallest absolute Gasteiger partial charge is 0.264 e. The van der Waals surface area contributed by atoms with Crippen molar-refractivity contribution in [3.05, 3.63) is 113 Å². The van der Waals surface area contributed by atoms with Crippen LogP contribution in [0.2, 0.25) is 5.02 Å². The van der Waals surface area contributed by atoms with Crippen LogP contribution in [0.5, 0.6) is 17.2 Å². The second-order valence-electron chi connectivity index (χ2n) is 9.10. The molecule has 0 spiro atoms. The lowest BCUT2D eigenvalue weighted by Crippen LogP contribution is -2.39. The molecule has 0 fully saturated rings. The summed E-state index contributed by atoms with van der Waals surface area (Å²) in [5, 5.41) is 4.66. The third-order valence-corrected chi connectivity index (χ3v) is 8.03. The number of hydrogen-bond acceptors (Lipinski definition) is 7. The van der Waals surface area contributed by atoms with E-state index in [9.17, 15) is 13.2 Å². The van der Waals surface area contributed by atoms with Gasteiger partial charge in [-0.1, -0.05) is 41.9 Å². The summed E-state index contributed by atoms with van der Waals surface area (Å²) in [4.78, 5) is 12.9. The Kier molecular flexibility index (Phi) is 11.0. The van der Waals surface area contributed by atoms with Crippen LogP contribution in [-0.2, 0) is 21.4 Å². The van der Waals surface area contributed by atoms with Gasteiger partial charge in [0.2, 0.25) is 0 Å². The number of rotatable bonds is 14. The van der Waals surface area contributed by atoms with Crippen LogP contribution in [-0.4, -0.2) is 40.3 Å². The van der Waals surface area contributed by atoms with Crippen LogP contribution >= 0.6 is 11.6 Å². The monoisotopic (exact) mass is 621 g/mol. The first kappa shape index (κ1) is 31.4. The van der Waals surface area contributed by atoms with Gasteiger partial charge in [-0.05, 0) is 91.7 Å². The van der Waals surface area contributed by atoms with Crippen molar-refractivity contribution in [3.8, 4) is 17.2 Å². The normalized spacial score (nSPS) is 11.2. The zero-order valence-electron chi connectivity index (χ0n) is 23.8. The molecule has 0 aromatic heterocycles. The third-order valence-electron chi connectivity index (χ3n) is 6.01. The van der Waals surface area contributed by atoms with Crippen LogP contribution in [0.4, 0.5) is 5.69 Å². The van der Waals surface area contributed by atoms with Gasteiger partial charge in [-0.25, -0.2) is 13.8 Å². The highest BCUT2D eigenvalue weighted by atomic mass is 35.5. The molecule has 0 atom stereocenters. The molecule has 0 bridgehead atoms. The molecule has 0 heterocycles. The van der Waals surface area contributed by atoms with Crippen LogP contribution in [0.25, 0.3) is 0 Å². The molecule has 4 rings (SSSR count). The minimum Gasteiger partial charge on any atom is -0.494 e. The van der Waals surface area contributed by atoms with Crippen molar-refractivity contribution >= 4 is 39.4 Å². The number of carbonyl (C=O) groups is 1. The van der Waals surface area contributed by atoms with E-state index in [2.05, 4.69) is 10.5 Å². The lowest BCUT2D eigenvalue weighted by Gasteiger charge is -2.23. The molecule has 0 saturated carbocycles. The predicted molar refractivity (Wildman–Crippen MR) is 168 cm³/mol. The lowest BCUT2D eigenvalue weighted by atomic mass is 10.2. The van der Waals surface area contributed by atoms with Gasteiger partial charge in [0.05, 0.1) is 30.0 Å². The van der Waals surface area contributed by atoms with E-state index in [0.717, 1.165) is 9.87 Å². The standard InChI is InChI=1S/C32H32ClN3O6S/c1-3-40-28-14-16-29(17-15-28)43(38,39)36(27-11-6-5-7-12-27)22-32(37)35-34-21-24-13-18-30(31(20-24)41-4-2)42-23-25-9-8-10-26(33)19-25/h5-21H,3-4,22-23H2,1-2H3,(H,35,37)/b34-21+. The van der Waals surface area contributed by atoms with Gasteiger partial charge in [0.1, 0.15) is 18.9 Å². The number of carbonyl (C=O) groups excluding carboxylic acids is 1. The summed E-state index contributed by atoms with van der Waals surface area (Å²) in [5.74, 6) is 0.978. The van der Waals surface area contributed by atoms with E-state index in [1.54, 1.807) is 66.7 Å². The molecule has 0 saturated heterocycles. The first-order valence-electron chi connectivity index (χ1n) is 13.6. The predicted octanol–water partition coefficient (Wildman–Crippen LogP) is 6.06. The van der Waals surface area contributed by atoms with E-state index in [0.29, 0.717) is 53.3 Å². The molecule has 0 aliphatic carbocycles. The third kappa shape index (κ3) is 8.73. The number of hydrogen-bond donors (Lipinski definition) is 1. The number of nitrogens with zero attached hydrogens (tertiary/aromatic N) is 2. The number of amides is 1. The van der Waals surface area contributed by atoms with Crippen molar-refractivity contribution < 1.29 is 27.4 Å². The van der Waals surface area contributed by atoms with Gasteiger partial charge in [-0.3, -0.25) is 9.10 Å². The van der Waals surface area contributed by atoms with Crippen LogP contribution in [0.1, 0.15) is 25.0 Å².